The van der Waals surface area contributed by atoms with Crippen LogP contribution in [0.1, 0.15) is 255 Å². The van der Waals surface area contributed by atoms with E-state index in [1.165, 1.54) is 32.1 Å². The lowest BCUT2D eigenvalue weighted by Crippen LogP contribution is -2.59. The van der Waals surface area contributed by atoms with Crippen molar-refractivity contribution in [1.29, 1.82) is 0 Å². The molecule has 0 heterocycles. The van der Waals surface area contributed by atoms with Crippen molar-refractivity contribution in [2.24, 2.45) is 139 Å². The normalized spacial score (nSPS) is 50.4. The molecule has 12 saturated carbocycles. The Balaban J connectivity index is 0.581. The summed E-state index contributed by atoms with van der Waals surface area (Å²) in [5.41, 5.74) is 0.869. The maximum atomic E-state index is 13.9. The van der Waals surface area contributed by atoms with Gasteiger partial charge in [-0.25, -0.2) is 0 Å². The summed E-state index contributed by atoms with van der Waals surface area (Å²) < 4.78 is 44.1. The third-order valence-corrected chi connectivity index (χ3v) is 32.6. The summed E-state index contributed by atoms with van der Waals surface area (Å²) in [5, 5.41) is 49.4. The number of aliphatic hydroxyl groups excluding tert-OH is 4. The van der Waals surface area contributed by atoms with Crippen molar-refractivity contribution in [1.82, 2.24) is 5.32 Å². The minimum absolute atomic E-state index is 0.0486. The van der Waals surface area contributed by atoms with Crippen LogP contribution in [0, 0.1) is 139 Å². The van der Waals surface area contributed by atoms with Crippen LogP contribution in [0.25, 0.3) is 0 Å². The molecule has 0 saturated heterocycles. The largest absolute Gasteiger partial charge is 0.462 e. The molecule has 1 amide bonds. The smallest absolute Gasteiger partial charge is 0.306 e. The summed E-state index contributed by atoms with van der Waals surface area (Å²) in [6, 6.07) is 0. The van der Waals surface area contributed by atoms with Crippen molar-refractivity contribution >= 4 is 28.0 Å². The average Bonchev–Trinajstić information content (AvgIpc) is 1.32. The highest BCUT2D eigenvalue weighted by atomic mass is 32.2. The minimum atomic E-state index is -4.12. The molecule has 12 fully saturated rings. The molecular weight excluding hydrogens is 1130 g/mol. The van der Waals surface area contributed by atoms with Crippen molar-refractivity contribution in [3.63, 3.8) is 0 Å². The predicted molar refractivity (Wildman–Crippen MR) is 340 cm³/mol. The monoisotopic (exact) mass is 1250 g/mol. The first-order chi connectivity index (χ1) is 41.5. The lowest BCUT2D eigenvalue weighted by atomic mass is 9.43. The number of esters is 2. The zero-order valence-electron chi connectivity index (χ0n) is 56.0. The number of hydrogen-bond donors (Lipinski definition) is 6. The van der Waals surface area contributed by atoms with Gasteiger partial charge in [0.05, 0.1) is 30.2 Å². The molecule has 0 aromatic rings. The molecular formula is C74H121NO12S. The van der Waals surface area contributed by atoms with E-state index in [2.05, 4.69) is 67.6 Å². The Morgan fingerprint density at radius 1 is 0.443 bits per heavy atom. The molecule has 13 nitrogen and oxygen atoms in total. The number of nitrogens with one attached hydrogen (secondary N) is 1. The molecule has 12 rings (SSSR count). The quantitative estimate of drug-likeness (QED) is 0.0592. The molecule has 6 N–H and O–H groups in total. The lowest BCUT2D eigenvalue weighted by Gasteiger charge is -2.62. The third kappa shape index (κ3) is 11.7. The number of ether oxygens (including phenoxy) is 2. The summed E-state index contributed by atoms with van der Waals surface area (Å²) in [5.74, 6) is 6.71. The van der Waals surface area contributed by atoms with Gasteiger partial charge in [0.15, 0.2) is 0 Å². The van der Waals surface area contributed by atoms with Crippen LogP contribution in [0.3, 0.4) is 0 Å². The van der Waals surface area contributed by atoms with E-state index in [-0.39, 0.29) is 105 Å². The fourth-order valence-electron chi connectivity index (χ4n) is 27.3. The van der Waals surface area contributed by atoms with Gasteiger partial charge in [-0.2, -0.15) is 8.42 Å². The number of rotatable bonds is 17. The topological polar surface area (TPSA) is 217 Å². The number of aliphatic hydroxyl groups is 4. The molecule has 0 radical (unpaired) electrons. The first-order valence-electron chi connectivity index (χ1n) is 36.8. The lowest BCUT2D eigenvalue weighted by molar-refractivity contribution is -0.183. The summed E-state index contributed by atoms with van der Waals surface area (Å²) >= 11 is 0. The Hall–Kier alpha value is -1.84. The van der Waals surface area contributed by atoms with Gasteiger partial charge in [0.2, 0.25) is 5.91 Å². The summed E-state index contributed by atoms with van der Waals surface area (Å²) in [4.78, 5) is 40.3. The molecule has 12 aliphatic rings. The average molecular weight is 1250 g/mol. The van der Waals surface area contributed by atoms with Gasteiger partial charge in [-0.1, -0.05) is 62.3 Å². The fourth-order valence-corrected chi connectivity index (χ4v) is 27.6. The highest BCUT2D eigenvalue weighted by Gasteiger charge is 2.67. The Labute approximate surface area is 530 Å². The highest BCUT2D eigenvalue weighted by Crippen LogP contribution is 2.72. The van der Waals surface area contributed by atoms with Crippen molar-refractivity contribution in [3.8, 4) is 0 Å². The first-order valence-corrected chi connectivity index (χ1v) is 38.4. The molecule has 0 aromatic heterocycles. The van der Waals surface area contributed by atoms with E-state index in [1.54, 1.807) is 0 Å². The van der Waals surface area contributed by atoms with Gasteiger partial charge in [0.1, 0.15) is 12.2 Å². The first kappa shape index (κ1) is 66.2. The van der Waals surface area contributed by atoms with Crippen molar-refractivity contribution in [2.75, 3.05) is 12.3 Å². The van der Waals surface area contributed by atoms with Gasteiger partial charge < -0.3 is 35.2 Å². The van der Waals surface area contributed by atoms with Gasteiger partial charge in [-0.3, -0.25) is 18.9 Å². The van der Waals surface area contributed by atoms with E-state index in [0.717, 1.165) is 141 Å². The summed E-state index contributed by atoms with van der Waals surface area (Å²) in [6.07, 6.45) is 26.7. The van der Waals surface area contributed by atoms with Crippen LogP contribution in [0.2, 0.25) is 0 Å². The molecule has 0 aliphatic heterocycles. The number of amides is 1. The Morgan fingerprint density at radius 3 is 1.15 bits per heavy atom. The molecule has 0 unspecified atom stereocenters. The fraction of sp³-hybridized carbons (Fsp3) is 0.959. The molecule has 500 valence electrons. The van der Waals surface area contributed by atoms with Gasteiger partial charge in [0.25, 0.3) is 10.1 Å². The minimum Gasteiger partial charge on any atom is -0.462 e. The van der Waals surface area contributed by atoms with Crippen molar-refractivity contribution in [2.45, 2.75) is 292 Å². The molecule has 30 atom stereocenters. The maximum absolute atomic E-state index is 13.9. The van der Waals surface area contributed by atoms with Crippen LogP contribution in [0.15, 0.2) is 0 Å². The molecule has 14 heteroatoms. The Bertz CT molecular complexity index is 2650. The Kier molecular flexibility index (Phi) is 18.6. The van der Waals surface area contributed by atoms with Gasteiger partial charge >= 0.3 is 11.9 Å². The van der Waals surface area contributed by atoms with Gasteiger partial charge in [-0.15, -0.1) is 0 Å². The van der Waals surface area contributed by atoms with Gasteiger partial charge in [0, 0.05) is 25.8 Å². The third-order valence-electron chi connectivity index (χ3n) is 31.9. The molecule has 88 heavy (non-hydrogen) atoms. The molecule has 0 bridgehead atoms. The van der Waals surface area contributed by atoms with Crippen LogP contribution in [-0.4, -0.2) is 100 Å². The second kappa shape index (κ2) is 24.7. The number of fused-ring (bicyclic) bond motifs is 15. The van der Waals surface area contributed by atoms with E-state index in [0.29, 0.717) is 114 Å². The van der Waals surface area contributed by atoms with E-state index >= 15 is 0 Å². The van der Waals surface area contributed by atoms with Crippen molar-refractivity contribution in [3.05, 3.63) is 0 Å². The number of carbonyl (C=O) groups excluding carboxylic acids is 3. The SMILES string of the molecule is C[C@H](CCC(=O)O[C@@H]1CC[C@@]2(C)[C@@H](C1)C[C@H](O)[C@@H]1[C@@H]2CC[C@]2(C)[C@@H]([C@H](C)CCC(=O)O[C@@H]3CC[C@@]4(C)[C@@H](C3)C[C@H](O)[C@@H]3[C@@H]4CC[C@]4(C)[C@@H]([C@H](C)CCC(=O)NCCS(=O)(=O)O)CC[C@@H]34)CC[C@@H]12)[C@H]1CC[C@H]2[C@@H]3[C@@H](O)C[C@@H]4C[C@H](O)CC[C@]4(C)[C@H]3CC[C@]12C. The van der Waals surface area contributed by atoms with Crippen LogP contribution in [-0.2, 0) is 34.0 Å². The number of hydrogen-bond acceptors (Lipinski definition) is 11. The summed E-state index contributed by atoms with van der Waals surface area (Å²) in [7, 11) is -4.12. The second-order valence-corrected chi connectivity index (χ2v) is 37.0. The Morgan fingerprint density at radius 2 is 0.773 bits per heavy atom. The van der Waals surface area contributed by atoms with Crippen LogP contribution < -0.4 is 5.32 Å². The maximum Gasteiger partial charge on any atom is 0.306 e. The van der Waals surface area contributed by atoms with E-state index in [4.69, 9.17) is 14.0 Å². The van der Waals surface area contributed by atoms with Gasteiger partial charge in [-0.05, 0) is 312 Å². The van der Waals surface area contributed by atoms with Crippen LogP contribution >= 0.6 is 0 Å². The zero-order chi connectivity index (χ0) is 62.8. The molecule has 12 aliphatic carbocycles. The summed E-state index contributed by atoms with van der Waals surface area (Å²) in [6.45, 7) is 21.9. The van der Waals surface area contributed by atoms with E-state index < -0.39 is 15.9 Å². The number of carbonyl (C=O) groups is 3. The highest BCUT2D eigenvalue weighted by molar-refractivity contribution is 7.85. The van der Waals surface area contributed by atoms with Crippen LogP contribution in [0.5, 0.6) is 0 Å². The zero-order valence-corrected chi connectivity index (χ0v) is 56.8. The van der Waals surface area contributed by atoms with E-state index in [1.807, 2.05) is 0 Å². The second-order valence-electron chi connectivity index (χ2n) is 35.5. The molecule has 0 aromatic carbocycles. The van der Waals surface area contributed by atoms with Crippen molar-refractivity contribution < 1.29 is 57.3 Å². The van der Waals surface area contributed by atoms with Crippen LogP contribution in [0.4, 0.5) is 0 Å². The predicted octanol–water partition coefficient (Wildman–Crippen LogP) is 13.3. The molecule has 0 spiro atoms. The standard InChI is InChI=1S/C74H121NO12S/c1-42(10-19-63(80)75-34-35-88(83,84)85)51-13-16-55-67-58(26-32-72(51,55)7)70(5)29-23-49(37-46(70)40-61(67)78)86-65(82)21-12-44(3)53-15-18-56-68-59(27-33-74(53,56)9)71(6)30-24-50(38-47(71)41-62(68)79)87-64(81)20-11-43(2)52-14-17-54-66-57(25-31-73(52,54)8)69(4)28-22-48(76)36-45(69)39-60(66)77/h42-62,66-68,76-79H,10-41H2,1-9H3,(H,75,80)(H,83,84,85)/t42-,43-,44-,45+,46+,47+,48-,49-,50-,51-,52-,53-,54+,55+,56+,57+,58+,59+,60+,61+,62+,66+,67+,68+,69+,70+,71+,72-,73-,74-/m1/s1. The van der Waals surface area contributed by atoms with E-state index in [9.17, 15) is 43.2 Å².